The fourth-order valence-electron chi connectivity index (χ4n) is 2.24. The minimum absolute atomic E-state index is 0.0942. The van der Waals surface area contributed by atoms with E-state index in [1.54, 1.807) is 25.3 Å². The minimum Gasteiger partial charge on any atom is -0.493 e. The van der Waals surface area contributed by atoms with Crippen molar-refractivity contribution in [3.8, 4) is 11.5 Å². The number of ether oxygens (including phenoxy) is 2. The Bertz CT molecular complexity index is 641. The molecule has 1 aliphatic rings. The van der Waals surface area contributed by atoms with Gasteiger partial charge in [-0.1, -0.05) is 13.0 Å². The van der Waals surface area contributed by atoms with Gasteiger partial charge in [0.05, 0.1) is 18.6 Å². The molecule has 0 aromatic heterocycles. The number of rotatable bonds is 6. The Hall–Kier alpha value is -1.95. The van der Waals surface area contributed by atoms with Crippen molar-refractivity contribution in [2.75, 3.05) is 13.7 Å². The van der Waals surface area contributed by atoms with Crippen molar-refractivity contribution < 1.29 is 19.1 Å². The number of carbonyl (C=O) groups excluding carboxylic acids is 2. The number of amides is 2. The molecule has 5 nitrogen and oxygen atoms in total. The van der Waals surface area contributed by atoms with E-state index < -0.39 is 0 Å². The van der Waals surface area contributed by atoms with E-state index in [0.29, 0.717) is 23.0 Å². The number of nitrogens with zero attached hydrogens (tertiary/aromatic N) is 1. The van der Waals surface area contributed by atoms with Gasteiger partial charge in [-0.25, -0.2) is 0 Å². The van der Waals surface area contributed by atoms with E-state index in [0.717, 1.165) is 23.7 Å². The summed E-state index contributed by atoms with van der Waals surface area (Å²) in [5.41, 5.74) is 0.792. The van der Waals surface area contributed by atoms with Crippen LogP contribution in [0.5, 0.6) is 11.5 Å². The van der Waals surface area contributed by atoms with E-state index in [2.05, 4.69) is 0 Å². The Morgan fingerprint density at radius 3 is 2.61 bits per heavy atom. The molecule has 1 saturated heterocycles. The van der Waals surface area contributed by atoms with Crippen LogP contribution in [0.1, 0.15) is 32.8 Å². The zero-order valence-corrected chi connectivity index (χ0v) is 14.6. The highest BCUT2D eigenvalue weighted by Crippen LogP contribution is 2.35. The standard InChI is InChI=1S/C17H21NO4S/c1-5-11(3)18-16(19)15(23-17(18)20)10-12-7-8-13(22-6-2)14(9-12)21-4/h7-11H,5-6H2,1-4H3/b15-10-/t11-/m0/s1. The van der Waals surface area contributed by atoms with Crippen molar-refractivity contribution in [3.63, 3.8) is 0 Å². The molecule has 0 spiro atoms. The van der Waals surface area contributed by atoms with Crippen molar-refractivity contribution in [1.29, 1.82) is 0 Å². The first kappa shape index (κ1) is 17.4. The molecule has 1 fully saturated rings. The molecule has 0 radical (unpaired) electrons. The summed E-state index contributed by atoms with van der Waals surface area (Å²) in [5.74, 6) is 1.02. The molecule has 6 heteroatoms. The maximum atomic E-state index is 12.4. The van der Waals surface area contributed by atoms with Gasteiger partial charge in [0, 0.05) is 6.04 Å². The van der Waals surface area contributed by atoms with Gasteiger partial charge in [-0.2, -0.15) is 0 Å². The van der Waals surface area contributed by atoms with Gasteiger partial charge in [-0.15, -0.1) is 0 Å². The summed E-state index contributed by atoms with van der Waals surface area (Å²) in [6.45, 7) is 6.27. The summed E-state index contributed by atoms with van der Waals surface area (Å²) in [5, 5.41) is -0.214. The SMILES string of the molecule is CCOc1ccc(/C=C2\SC(=O)N([C@@H](C)CC)C2=O)cc1OC. The normalized spacial score (nSPS) is 17.7. The van der Waals surface area contributed by atoms with Crippen molar-refractivity contribution in [3.05, 3.63) is 28.7 Å². The smallest absolute Gasteiger partial charge is 0.293 e. The third-order valence-electron chi connectivity index (χ3n) is 3.64. The number of benzene rings is 1. The van der Waals surface area contributed by atoms with E-state index >= 15 is 0 Å². The molecule has 1 aromatic carbocycles. The lowest BCUT2D eigenvalue weighted by atomic mass is 10.1. The first-order chi connectivity index (χ1) is 11.0. The van der Waals surface area contributed by atoms with Gasteiger partial charge in [0.1, 0.15) is 0 Å². The highest BCUT2D eigenvalue weighted by atomic mass is 32.2. The highest BCUT2D eigenvalue weighted by Gasteiger charge is 2.37. The molecule has 1 aromatic rings. The zero-order valence-electron chi connectivity index (χ0n) is 13.8. The fraction of sp³-hybridized carbons (Fsp3) is 0.412. The van der Waals surface area contributed by atoms with Crippen molar-refractivity contribution in [2.45, 2.75) is 33.2 Å². The second-order valence-corrected chi connectivity index (χ2v) is 6.15. The van der Waals surface area contributed by atoms with Crippen molar-refractivity contribution >= 4 is 29.0 Å². The fourth-order valence-corrected chi connectivity index (χ4v) is 3.17. The Morgan fingerprint density at radius 2 is 2.00 bits per heavy atom. The molecule has 0 bridgehead atoms. The zero-order chi connectivity index (χ0) is 17.0. The Morgan fingerprint density at radius 1 is 1.26 bits per heavy atom. The first-order valence-corrected chi connectivity index (χ1v) is 8.41. The molecule has 0 saturated carbocycles. The number of hydrogen-bond donors (Lipinski definition) is 0. The van der Waals surface area contributed by atoms with Crippen LogP contribution in [0, 0.1) is 0 Å². The van der Waals surface area contributed by atoms with Gasteiger partial charge in [0.25, 0.3) is 11.1 Å². The van der Waals surface area contributed by atoms with E-state index in [4.69, 9.17) is 9.47 Å². The largest absolute Gasteiger partial charge is 0.493 e. The molecule has 124 valence electrons. The molecule has 2 rings (SSSR count). The molecule has 0 unspecified atom stereocenters. The van der Waals surface area contributed by atoms with Crippen LogP contribution in [0.2, 0.25) is 0 Å². The van der Waals surface area contributed by atoms with Gasteiger partial charge < -0.3 is 9.47 Å². The predicted octanol–water partition coefficient (Wildman–Crippen LogP) is 3.93. The molecule has 23 heavy (non-hydrogen) atoms. The summed E-state index contributed by atoms with van der Waals surface area (Å²) >= 11 is 0.975. The van der Waals surface area contributed by atoms with Crippen LogP contribution < -0.4 is 9.47 Å². The lowest BCUT2D eigenvalue weighted by Gasteiger charge is -2.19. The topological polar surface area (TPSA) is 55.8 Å². The minimum atomic E-state index is -0.234. The molecule has 2 amide bonds. The maximum absolute atomic E-state index is 12.4. The van der Waals surface area contributed by atoms with E-state index in [1.165, 1.54) is 4.90 Å². The van der Waals surface area contributed by atoms with Crippen LogP contribution in [0.3, 0.4) is 0 Å². The molecular weight excluding hydrogens is 314 g/mol. The Kier molecular flexibility index (Phi) is 5.71. The average molecular weight is 335 g/mol. The van der Waals surface area contributed by atoms with Crippen LogP contribution in [0.15, 0.2) is 23.1 Å². The van der Waals surface area contributed by atoms with Gasteiger partial charge in [0.2, 0.25) is 0 Å². The Labute approximate surface area is 140 Å². The number of imide groups is 1. The number of carbonyl (C=O) groups is 2. The summed E-state index contributed by atoms with van der Waals surface area (Å²) in [4.78, 5) is 26.2. The molecule has 0 N–H and O–H groups in total. The van der Waals surface area contributed by atoms with Gasteiger partial charge in [-0.05, 0) is 55.8 Å². The third-order valence-corrected chi connectivity index (χ3v) is 4.52. The predicted molar refractivity (Wildman–Crippen MR) is 91.7 cm³/mol. The highest BCUT2D eigenvalue weighted by molar-refractivity contribution is 8.18. The van der Waals surface area contributed by atoms with Crippen molar-refractivity contribution in [2.24, 2.45) is 0 Å². The summed E-state index contributed by atoms with van der Waals surface area (Å²) in [7, 11) is 1.57. The Balaban J connectivity index is 2.28. The quantitative estimate of drug-likeness (QED) is 0.737. The molecule has 1 aliphatic heterocycles. The van der Waals surface area contributed by atoms with Gasteiger partial charge in [0.15, 0.2) is 11.5 Å². The number of methoxy groups -OCH3 is 1. The molecule has 1 heterocycles. The summed E-state index contributed by atoms with van der Waals surface area (Å²) in [6, 6.07) is 5.34. The second kappa shape index (κ2) is 7.55. The first-order valence-electron chi connectivity index (χ1n) is 7.59. The van der Waals surface area contributed by atoms with Crippen LogP contribution in [0.25, 0.3) is 6.08 Å². The van der Waals surface area contributed by atoms with Gasteiger partial charge in [-0.3, -0.25) is 14.5 Å². The monoisotopic (exact) mass is 335 g/mol. The van der Waals surface area contributed by atoms with E-state index in [-0.39, 0.29) is 17.2 Å². The van der Waals surface area contributed by atoms with Crippen LogP contribution in [-0.2, 0) is 4.79 Å². The van der Waals surface area contributed by atoms with Gasteiger partial charge >= 0.3 is 0 Å². The van der Waals surface area contributed by atoms with Crippen LogP contribution >= 0.6 is 11.8 Å². The average Bonchev–Trinajstić information content (AvgIpc) is 2.82. The lowest BCUT2D eigenvalue weighted by Crippen LogP contribution is -2.36. The van der Waals surface area contributed by atoms with Crippen molar-refractivity contribution in [1.82, 2.24) is 4.90 Å². The maximum Gasteiger partial charge on any atom is 0.293 e. The third kappa shape index (κ3) is 3.69. The summed E-state index contributed by atoms with van der Waals surface area (Å²) in [6.07, 6.45) is 2.45. The van der Waals surface area contributed by atoms with E-state index in [9.17, 15) is 9.59 Å². The second-order valence-electron chi connectivity index (χ2n) is 5.15. The summed E-state index contributed by atoms with van der Waals surface area (Å²) < 4.78 is 10.8. The molecule has 1 atom stereocenters. The lowest BCUT2D eigenvalue weighted by molar-refractivity contribution is -0.124. The van der Waals surface area contributed by atoms with Crippen LogP contribution in [0.4, 0.5) is 4.79 Å². The molecular formula is C17H21NO4S. The number of thioether (sulfide) groups is 1. The van der Waals surface area contributed by atoms with E-state index in [1.807, 2.05) is 26.8 Å². The van der Waals surface area contributed by atoms with Crippen LogP contribution in [-0.4, -0.2) is 35.8 Å². The number of hydrogen-bond acceptors (Lipinski definition) is 5. The molecule has 0 aliphatic carbocycles.